The smallest absolute Gasteiger partial charge is 0.00237 e. The van der Waals surface area contributed by atoms with Crippen LogP contribution in [0.5, 0.6) is 0 Å². The number of alkyl halides is 1. The van der Waals surface area contributed by atoms with Crippen LogP contribution in [0.4, 0.5) is 0 Å². The Morgan fingerprint density at radius 2 is 1.58 bits per heavy atom. The number of halogens is 1. The van der Waals surface area contributed by atoms with E-state index < -0.39 is 0 Å². The molecule has 0 amide bonds. The second-order valence-electron chi connectivity index (χ2n) is 4.80. The fourth-order valence-electron chi connectivity index (χ4n) is 3.07. The summed E-state index contributed by atoms with van der Waals surface area (Å²) in [6.07, 6.45) is 12.3. The highest BCUT2D eigenvalue weighted by Crippen LogP contribution is 2.50. The lowest BCUT2D eigenvalue weighted by molar-refractivity contribution is 0.165. The Hall–Kier alpha value is 0.730. The summed E-state index contributed by atoms with van der Waals surface area (Å²) in [5, 5.41) is 0. The van der Waals surface area contributed by atoms with Crippen molar-refractivity contribution in [1.82, 2.24) is 0 Å². The van der Waals surface area contributed by atoms with Gasteiger partial charge in [0.25, 0.3) is 0 Å². The third-order valence-corrected chi connectivity index (χ3v) is 5.29. The van der Waals surface area contributed by atoms with Gasteiger partial charge in [0.05, 0.1) is 0 Å². The summed E-state index contributed by atoms with van der Waals surface area (Å²) in [4.78, 5) is 0. The first-order chi connectivity index (χ1) is 5.85. The largest absolute Gasteiger partial charge is 0.0861 e. The van der Waals surface area contributed by atoms with Gasteiger partial charge < -0.3 is 0 Å². The Balaban J connectivity index is 1.88. The Labute approximate surface area is 89.6 Å². The molecule has 12 heavy (non-hydrogen) atoms. The zero-order valence-corrected chi connectivity index (χ0v) is 9.98. The number of hydrogen-bond acceptors (Lipinski definition) is 0. The molecule has 0 heterocycles. The van der Waals surface area contributed by atoms with E-state index in [2.05, 4.69) is 22.6 Å². The van der Waals surface area contributed by atoms with Gasteiger partial charge in [0.2, 0.25) is 0 Å². The van der Waals surface area contributed by atoms with Crippen molar-refractivity contribution in [3.63, 3.8) is 0 Å². The highest BCUT2D eigenvalue weighted by Gasteiger charge is 2.36. The van der Waals surface area contributed by atoms with E-state index in [0.717, 1.165) is 11.3 Å². The quantitative estimate of drug-likeness (QED) is 0.499. The first-order valence-corrected chi connectivity index (χ1v) is 6.93. The lowest BCUT2D eigenvalue weighted by Gasteiger charge is -2.36. The van der Waals surface area contributed by atoms with Crippen LogP contribution in [0.1, 0.15) is 51.4 Å². The molecule has 2 rings (SSSR count). The van der Waals surface area contributed by atoms with E-state index in [0.29, 0.717) is 0 Å². The molecule has 0 aliphatic heterocycles. The van der Waals surface area contributed by atoms with Crippen LogP contribution < -0.4 is 0 Å². The summed E-state index contributed by atoms with van der Waals surface area (Å²) in [5.74, 6) is 1.07. The van der Waals surface area contributed by atoms with E-state index in [1.54, 1.807) is 25.7 Å². The highest BCUT2D eigenvalue weighted by atomic mass is 127. The molecule has 2 aliphatic carbocycles. The van der Waals surface area contributed by atoms with Crippen LogP contribution >= 0.6 is 22.6 Å². The van der Waals surface area contributed by atoms with Gasteiger partial charge in [-0.05, 0) is 49.9 Å². The van der Waals surface area contributed by atoms with Crippen LogP contribution in [-0.2, 0) is 0 Å². The average molecular weight is 278 g/mol. The molecule has 1 heteroatoms. The standard InChI is InChI=1S/C11H19I/c12-9-10-3-7-11(8-4-10)5-1-2-6-11/h10H,1-9H2. The summed E-state index contributed by atoms with van der Waals surface area (Å²) in [6, 6.07) is 0. The van der Waals surface area contributed by atoms with Gasteiger partial charge >= 0.3 is 0 Å². The van der Waals surface area contributed by atoms with E-state index in [1.807, 2.05) is 0 Å². The molecule has 2 fully saturated rings. The third-order valence-electron chi connectivity index (χ3n) is 4.05. The molecule has 0 aromatic carbocycles. The molecular weight excluding hydrogens is 259 g/mol. The summed E-state index contributed by atoms with van der Waals surface area (Å²) in [5.41, 5.74) is 0.850. The molecule has 0 atom stereocenters. The Kier molecular flexibility index (Phi) is 2.98. The van der Waals surface area contributed by atoms with Crippen LogP contribution in [0.2, 0.25) is 0 Å². The maximum atomic E-state index is 2.56. The molecule has 0 aromatic heterocycles. The fourth-order valence-corrected chi connectivity index (χ4v) is 3.95. The molecule has 0 aromatic rings. The summed E-state index contributed by atoms with van der Waals surface area (Å²) < 4.78 is 1.40. The van der Waals surface area contributed by atoms with Gasteiger partial charge in [0, 0.05) is 4.43 Å². The van der Waals surface area contributed by atoms with E-state index >= 15 is 0 Å². The normalized spacial score (nSPS) is 29.8. The fraction of sp³-hybridized carbons (Fsp3) is 1.00. The molecule has 0 saturated heterocycles. The van der Waals surface area contributed by atoms with Crippen molar-refractivity contribution in [2.75, 3.05) is 4.43 Å². The van der Waals surface area contributed by atoms with Gasteiger partial charge in [-0.15, -0.1) is 0 Å². The van der Waals surface area contributed by atoms with Gasteiger partial charge in [0.1, 0.15) is 0 Å². The third kappa shape index (κ3) is 1.80. The zero-order valence-electron chi connectivity index (χ0n) is 7.82. The maximum absolute atomic E-state index is 2.56. The molecule has 0 nitrogen and oxygen atoms in total. The Bertz CT molecular complexity index is 137. The first kappa shape index (κ1) is 9.29. The monoisotopic (exact) mass is 278 g/mol. The van der Waals surface area contributed by atoms with Gasteiger partial charge in [0.15, 0.2) is 0 Å². The molecule has 1 spiro atoms. The second-order valence-corrected chi connectivity index (χ2v) is 5.69. The minimum atomic E-state index is 0.850. The Morgan fingerprint density at radius 3 is 2.08 bits per heavy atom. The van der Waals surface area contributed by atoms with Gasteiger partial charge in [-0.25, -0.2) is 0 Å². The lowest BCUT2D eigenvalue weighted by atomic mass is 9.70. The summed E-state index contributed by atoms with van der Waals surface area (Å²) in [6.45, 7) is 0. The van der Waals surface area contributed by atoms with Crippen LogP contribution in [-0.4, -0.2) is 4.43 Å². The van der Waals surface area contributed by atoms with Crippen molar-refractivity contribution in [1.29, 1.82) is 0 Å². The molecule has 2 aliphatic rings. The minimum Gasteiger partial charge on any atom is -0.0861 e. The molecule has 0 N–H and O–H groups in total. The van der Waals surface area contributed by atoms with E-state index in [1.165, 1.54) is 30.1 Å². The number of hydrogen-bond donors (Lipinski definition) is 0. The van der Waals surface area contributed by atoms with Gasteiger partial charge in [-0.3, -0.25) is 0 Å². The second kappa shape index (κ2) is 3.85. The van der Waals surface area contributed by atoms with Crippen LogP contribution in [0, 0.1) is 11.3 Å². The molecule has 0 radical (unpaired) electrons. The van der Waals surface area contributed by atoms with E-state index in [9.17, 15) is 0 Å². The van der Waals surface area contributed by atoms with Crippen molar-refractivity contribution in [2.24, 2.45) is 11.3 Å². The van der Waals surface area contributed by atoms with Crippen LogP contribution in [0.3, 0.4) is 0 Å². The van der Waals surface area contributed by atoms with Crippen molar-refractivity contribution in [2.45, 2.75) is 51.4 Å². The Morgan fingerprint density at radius 1 is 1.00 bits per heavy atom. The number of rotatable bonds is 1. The van der Waals surface area contributed by atoms with Crippen molar-refractivity contribution < 1.29 is 0 Å². The molecule has 0 bridgehead atoms. The summed E-state index contributed by atoms with van der Waals surface area (Å²) >= 11 is 2.56. The summed E-state index contributed by atoms with van der Waals surface area (Å²) in [7, 11) is 0. The highest BCUT2D eigenvalue weighted by molar-refractivity contribution is 14.1. The molecule has 70 valence electrons. The SMILES string of the molecule is ICC1CCC2(CCCC2)CC1. The predicted molar refractivity (Wildman–Crippen MR) is 61.7 cm³/mol. The first-order valence-electron chi connectivity index (χ1n) is 5.41. The van der Waals surface area contributed by atoms with Gasteiger partial charge in [-0.2, -0.15) is 0 Å². The van der Waals surface area contributed by atoms with Crippen molar-refractivity contribution in [3.05, 3.63) is 0 Å². The van der Waals surface area contributed by atoms with Crippen molar-refractivity contribution in [3.8, 4) is 0 Å². The van der Waals surface area contributed by atoms with E-state index in [4.69, 9.17) is 0 Å². The van der Waals surface area contributed by atoms with Crippen LogP contribution in [0.15, 0.2) is 0 Å². The van der Waals surface area contributed by atoms with Gasteiger partial charge in [-0.1, -0.05) is 35.4 Å². The average Bonchev–Trinajstić information content (AvgIpc) is 2.55. The molecule has 2 saturated carbocycles. The zero-order chi connectivity index (χ0) is 8.44. The van der Waals surface area contributed by atoms with E-state index in [-0.39, 0.29) is 0 Å². The topological polar surface area (TPSA) is 0 Å². The lowest BCUT2D eigenvalue weighted by Crippen LogP contribution is -2.24. The maximum Gasteiger partial charge on any atom is 0.00237 e. The van der Waals surface area contributed by atoms with Crippen LogP contribution in [0.25, 0.3) is 0 Å². The van der Waals surface area contributed by atoms with Crippen molar-refractivity contribution >= 4 is 22.6 Å². The minimum absolute atomic E-state index is 0.850. The predicted octanol–water partition coefficient (Wildman–Crippen LogP) is 4.17. The molecular formula is C11H19I. The molecule has 0 unspecified atom stereocenters.